The van der Waals surface area contributed by atoms with Crippen molar-refractivity contribution in [3.8, 4) is 11.4 Å². The van der Waals surface area contributed by atoms with Crippen LogP contribution in [0, 0.1) is 0 Å². The molecule has 0 fully saturated rings. The van der Waals surface area contributed by atoms with E-state index in [4.69, 9.17) is 0 Å². The third-order valence-electron chi connectivity index (χ3n) is 2.20. The molecular weight excluding hydrogens is 202 g/mol. The molecule has 0 atom stereocenters. The van der Waals surface area contributed by atoms with E-state index >= 15 is 0 Å². The standard InChI is InChI=1S/C12H11N3O/c1-2-11(16)10-8-13-15-12(14-10)9-6-4-3-5-7-9/h3-8H,2H2,1H3. The number of carbonyl (C=O) groups is 1. The maximum absolute atomic E-state index is 11.5. The van der Waals surface area contributed by atoms with Crippen molar-refractivity contribution in [2.75, 3.05) is 0 Å². The first-order valence-corrected chi connectivity index (χ1v) is 5.09. The molecule has 4 nitrogen and oxygen atoms in total. The Bertz CT molecular complexity index is 497. The van der Waals surface area contributed by atoms with E-state index < -0.39 is 0 Å². The molecule has 2 rings (SSSR count). The van der Waals surface area contributed by atoms with Crippen molar-refractivity contribution in [2.45, 2.75) is 13.3 Å². The van der Waals surface area contributed by atoms with Gasteiger partial charge in [0.05, 0.1) is 6.20 Å². The first-order chi connectivity index (χ1) is 7.81. The van der Waals surface area contributed by atoms with Gasteiger partial charge in [-0.3, -0.25) is 4.79 Å². The molecule has 1 heterocycles. The number of nitrogens with zero attached hydrogens (tertiary/aromatic N) is 3. The van der Waals surface area contributed by atoms with Crippen molar-refractivity contribution in [3.05, 3.63) is 42.2 Å². The van der Waals surface area contributed by atoms with E-state index in [2.05, 4.69) is 15.2 Å². The summed E-state index contributed by atoms with van der Waals surface area (Å²) in [4.78, 5) is 15.7. The molecule has 4 heteroatoms. The number of aromatic nitrogens is 3. The van der Waals surface area contributed by atoms with Gasteiger partial charge in [-0.1, -0.05) is 37.3 Å². The van der Waals surface area contributed by atoms with Gasteiger partial charge in [-0.2, -0.15) is 5.10 Å². The van der Waals surface area contributed by atoms with E-state index in [9.17, 15) is 4.79 Å². The second-order valence-corrected chi connectivity index (χ2v) is 3.31. The predicted octanol–water partition coefficient (Wildman–Crippen LogP) is 2.13. The minimum absolute atomic E-state index is 0.0212. The van der Waals surface area contributed by atoms with Crippen LogP contribution in [0.3, 0.4) is 0 Å². The molecule has 0 spiro atoms. The first kappa shape index (κ1) is 10.4. The van der Waals surface area contributed by atoms with Crippen LogP contribution in [0.1, 0.15) is 23.8 Å². The second kappa shape index (κ2) is 4.61. The van der Waals surface area contributed by atoms with Gasteiger partial charge in [-0.15, -0.1) is 5.10 Å². The zero-order valence-electron chi connectivity index (χ0n) is 8.92. The molecule has 1 aromatic heterocycles. The summed E-state index contributed by atoms with van der Waals surface area (Å²) in [7, 11) is 0. The van der Waals surface area contributed by atoms with Crippen LogP contribution in [-0.2, 0) is 0 Å². The lowest BCUT2D eigenvalue weighted by Gasteiger charge is -2.00. The Balaban J connectivity index is 2.40. The molecule has 0 aliphatic heterocycles. The van der Waals surface area contributed by atoms with Crippen molar-refractivity contribution in [1.29, 1.82) is 0 Å². The average molecular weight is 213 g/mol. The maximum Gasteiger partial charge on any atom is 0.182 e. The van der Waals surface area contributed by atoms with Crippen molar-refractivity contribution in [2.24, 2.45) is 0 Å². The van der Waals surface area contributed by atoms with Gasteiger partial charge < -0.3 is 0 Å². The van der Waals surface area contributed by atoms with Crippen LogP contribution < -0.4 is 0 Å². The number of carbonyl (C=O) groups excluding carboxylic acids is 1. The molecule has 0 aliphatic carbocycles. The van der Waals surface area contributed by atoms with E-state index in [1.807, 2.05) is 30.3 Å². The summed E-state index contributed by atoms with van der Waals surface area (Å²) in [6, 6.07) is 9.48. The fraction of sp³-hybridized carbons (Fsp3) is 0.167. The number of benzene rings is 1. The van der Waals surface area contributed by atoms with Crippen LogP contribution >= 0.6 is 0 Å². The smallest absolute Gasteiger partial charge is 0.182 e. The Hall–Kier alpha value is -2.10. The Kier molecular flexibility index (Phi) is 3.00. The molecule has 0 radical (unpaired) electrons. The highest BCUT2D eigenvalue weighted by Gasteiger charge is 2.08. The fourth-order valence-corrected chi connectivity index (χ4v) is 1.33. The highest BCUT2D eigenvalue weighted by Crippen LogP contribution is 2.13. The zero-order valence-corrected chi connectivity index (χ0v) is 8.92. The Morgan fingerprint density at radius 2 is 2.00 bits per heavy atom. The van der Waals surface area contributed by atoms with Crippen LogP contribution in [-0.4, -0.2) is 21.0 Å². The summed E-state index contributed by atoms with van der Waals surface area (Å²) in [6.07, 6.45) is 1.82. The average Bonchev–Trinajstić information content (AvgIpc) is 2.39. The van der Waals surface area contributed by atoms with Gasteiger partial charge in [0, 0.05) is 12.0 Å². The number of hydrogen-bond donors (Lipinski definition) is 0. The van der Waals surface area contributed by atoms with E-state index in [1.165, 1.54) is 6.20 Å². The molecule has 1 aromatic carbocycles. The van der Waals surface area contributed by atoms with Gasteiger partial charge in [0.15, 0.2) is 11.6 Å². The normalized spacial score (nSPS) is 10.1. The minimum atomic E-state index is -0.0212. The van der Waals surface area contributed by atoms with Gasteiger partial charge in [-0.05, 0) is 0 Å². The summed E-state index contributed by atoms with van der Waals surface area (Å²) < 4.78 is 0. The maximum atomic E-state index is 11.5. The molecule has 80 valence electrons. The number of hydrogen-bond acceptors (Lipinski definition) is 4. The van der Waals surface area contributed by atoms with Gasteiger partial charge in [0.1, 0.15) is 5.69 Å². The van der Waals surface area contributed by atoms with Crippen molar-refractivity contribution < 1.29 is 4.79 Å². The molecule has 0 saturated carbocycles. The summed E-state index contributed by atoms with van der Waals surface area (Å²) in [5.74, 6) is 0.465. The van der Waals surface area contributed by atoms with Crippen LogP contribution in [0.25, 0.3) is 11.4 Å². The predicted molar refractivity (Wildman–Crippen MR) is 59.9 cm³/mol. The Labute approximate surface area is 93.4 Å². The lowest BCUT2D eigenvalue weighted by molar-refractivity contribution is 0.0983. The summed E-state index contributed by atoms with van der Waals surface area (Å²) in [6.45, 7) is 1.80. The van der Waals surface area contributed by atoms with Crippen molar-refractivity contribution in [1.82, 2.24) is 15.2 Å². The number of Topliss-reactive ketones (excluding diaryl/α,β-unsaturated/α-hetero) is 1. The molecular formula is C12H11N3O. The molecule has 0 aliphatic rings. The third kappa shape index (κ3) is 2.11. The van der Waals surface area contributed by atoms with Crippen molar-refractivity contribution in [3.63, 3.8) is 0 Å². The van der Waals surface area contributed by atoms with E-state index in [1.54, 1.807) is 6.92 Å². The first-order valence-electron chi connectivity index (χ1n) is 5.09. The second-order valence-electron chi connectivity index (χ2n) is 3.31. The van der Waals surface area contributed by atoms with Crippen LogP contribution in [0.4, 0.5) is 0 Å². The van der Waals surface area contributed by atoms with E-state index in [-0.39, 0.29) is 5.78 Å². The van der Waals surface area contributed by atoms with Crippen LogP contribution in [0.5, 0.6) is 0 Å². The van der Waals surface area contributed by atoms with Gasteiger partial charge in [0.25, 0.3) is 0 Å². The summed E-state index contributed by atoms with van der Waals surface area (Å²) in [5.41, 5.74) is 1.23. The van der Waals surface area contributed by atoms with E-state index in [0.717, 1.165) is 5.56 Å². The van der Waals surface area contributed by atoms with Crippen molar-refractivity contribution >= 4 is 5.78 Å². The Morgan fingerprint density at radius 3 is 2.69 bits per heavy atom. The van der Waals surface area contributed by atoms with Crippen LogP contribution in [0.2, 0.25) is 0 Å². The fourth-order valence-electron chi connectivity index (χ4n) is 1.33. The molecule has 0 N–H and O–H groups in total. The molecule has 0 amide bonds. The quantitative estimate of drug-likeness (QED) is 0.733. The largest absolute Gasteiger partial charge is 0.292 e. The van der Waals surface area contributed by atoms with Gasteiger partial charge in [0.2, 0.25) is 0 Å². The lowest BCUT2D eigenvalue weighted by Crippen LogP contribution is -2.04. The molecule has 0 saturated heterocycles. The third-order valence-corrected chi connectivity index (χ3v) is 2.20. The molecule has 2 aromatic rings. The van der Waals surface area contributed by atoms with Gasteiger partial charge >= 0.3 is 0 Å². The van der Waals surface area contributed by atoms with E-state index in [0.29, 0.717) is 17.9 Å². The molecule has 16 heavy (non-hydrogen) atoms. The zero-order chi connectivity index (χ0) is 11.4. The minimum Gasteiger partial charge on any atom is -0.292 e. The number of rotatable bonds is 3. The molecule has 0 unspecified atom stereocenters. The SMILES string of the molecule is CCC(=O)c1cnnc(-c2ccccc2)n1. The highest BCUT2D eigenvalue weighted by atomic mass is 16.1. The summed E-state index contributed by atoms with van der Waals surface area (Å²) >= 11 is 0. The number of ketones is 1. The summed E-state index contributed by atoms with van der Waals surface area (Å²) in [5, 5.41) is 7.71. The van der Waals surface area contributed by atoms with Crippen LogP contribution in [0.15, 0.2) is 36.5 Å². The lowest BCUT2D eigenvalue weighted by atomic mass is 10.2. The Morgan fingerprint density at radius 1 is 1.25 bits per heavy atom. The van der Waals surface area contributed by atoms with Gasteiger partial charge in [-0.25, -0.2) is 4.98 Å². The topological polar surface area (TPSA) is 55.7 Å². The highest BCUT2D eigenvalue weighted by molar-refractivity contribution is 5.93. The molecule has 0 bridgehead atoms. The monoisotopic (exact) mass is 213 g/mol.